The van der Waals surface area contributed by atoms with E-state index in [-0.39, 0.29) is 22.8 Å². The molecule has 4 fully saturated rings. The van der Waals surface area contributed by atoms with Gasteiger partial charge in [0.1, 0.15) is 0 Å². The summed E-state index contributed by atoms with van der Waals surface area (Å²) in [6, 6.07) is 2.59. The lowest BCUT2D eigenvalue weighted by Crippen LogP contribution is -2.50. The number of hydrogen-bond acceptors (Lipinski definition) is 3. The van der Waals surface area contributed by atoms with E-state index in [1.807, 2.05) is 6.20 Å². The van der Waals surface area contributed by atoms with Gasteiger partial charge in [0.05, 0.1) is 28.0 Å². The van der Waals surface area contributed by atoms with Crippen molar-refractivity contribution in [2.45, 2.75) is 44.6 Å². The summed E-state index contributed by atoms with van der Waals surface area (Å²) in [4.78, 5) is 19.5. The zero-order valence-corrected chi connectivity index (χ0v) is 13.8. The summed E-state index contributed by atoms with van der Waals surface area (Å²) in [6.45, 7) is 3.00. The minimum Gasteiger partial charge on any atom is -0.334 e. The molecule has 4 nitrogen and oxygen atoms in total. The average Bonchev–Trinajstić information content (AvgIpc) is 3.11. The molecule has 3 atom stereocenters. The Balaban J connectivity index is 1.48. The average molecular weight is 328 g/mol. The Hall–Kier alpha value is -1.60. The van der Waals surface area contributed by atoms with Crippen molar-refractivity contribution in [3.63, 3.8) is 0 Å². The quantitative estimate of drug-likeness (QED) is 0.794. The predicted molar refractivity (Wildman–Crippen MR) is 84.6 cm³/mol. The third-order valence-electron chi connectivity index (χ3n) is 6.78. The van der Waals surface area contributed by atoms with Crippen molar-refractivity contribution in [3.05, 3.63) is 28.5 Å². The highest BCUT2D eigenvalue weighted by Gasteiger charge is 2.67. The van der Waals surface area contributed by atoms with Gasteiger partial charge in [-0.2, -0.15) is 5.26 Å². The summed E-state index contributed by atoms with van der Waals surface area (Å²) >= 11 is 6.32. The molecule has 1 unspecified atom stereocenters. The summed E-state index contributed by atoms with van der Waals surface area (Å²) < 4.78 is 0. The van der Waals surface area contributed by atoms with Crippen LogP contribution in [0.2, 0.25) is 5.02 Å². The molecule has 0 spiro atoms. The standard InChI is InChI=1S/C18H18ClN3O/c1-10-6-22(15-11-4-21-5-12(19)14(11)13(10)15)16(23)18-3-2-17(7-18,8-18)9-20/h4-5,10,13,15H,2-3,6-8H2,1H3/t10-,13?,15+,17?,18?/m0/s1. The third kappa shape index (κ3) is 1.48. The molecule has 1 aromatic rings. The van der Waals surface area contributed by atoms with E-state index in [9.17, 15) is 10.1 Å². The number of nitrogens with zero attached hydrogens (tertiary/aromatic N) is 3. The molecular weight excluding hydrogens is 310 g/mol. The first-order valence-electron chi connectivity index (χ1n) is 8.36. The van der Waals surface area contributed by atoms with Crippen molar-refractivity contribution >= 4 is 17.5 Å². The fourth-order valence-corrected chi connectivity index (χ4v) is 6.07. The van der Waals surface area contributed by atoms with Crippen LogP contribution in [0.4, 0.5) is 0 Å². The van der Waals surface area contributed by atoms with Gasteiger partial charge in [0, 0.05) is 24.9 Å². The monoisotopic (exact) mass is 327 g/mol. The van der Waals surface area contributed by atoms with Crippen LogP contribution >= 0.6 is 11.6 Å². The van der Waals surface area contributed by atoms with Crippen molar-refractivity contribution in [1.29, 1.82) is 5.26 Å². The number of hydrogen-bond donors (Lipinski definition) is 0. The van der Waals surface area contributed by atoms with E-state index in [0.29, 0.717) is 11.8 Å². The van der Waals surface area contributed by atoms with E-state index in [1.165, 1.54) is 5.56 Å². The molecule has 1 saturated heterocycles. The Morgan fingerprint density at radius 3 is 2.91 bits per heavy atom. The van der Waals surface area contributed by atoms with Crippen LogP contribution in [0.1, 0.15) is 55.7 Å². The molecule has 23 heavy (non-hydrogen) atoms. The fraction of sp³-hybridized carbons (Fsp3) is 0.611. The van der Waals surface area contributed by atoms with E-state index < -0.39 is 0 Å². The highest BCUT2D eigenvalue weighted by Crippen LogP contribution is 2.69. The summed E-state index contributed by atoms with van der Waals surface area (Å²) in [6.07, 6.45) is 6.86. The van der Waals surface area contributed by atoms with Crippen molar-refractivity contribution in [3.8, 4) is 6.07 Å². The third-order valence-corrected chi connectivity index (χ3v) is 7.08. The van der Waals surface area contributed by atoms with Gasteiger partial charge in [0.2, 0.25) is 5.91 Å². The van der Waals surface area contributed by atoms with Gasteiger partial charge < -0.3 is 4.90 Å². The number of nitriles is 1. The van der Waals surface area contributed by atoms with Gasteiger partial charge in [0.25, 0.3) is 0 Å². The van der Waals surface area contributed by atoms with Gasteiger partial charge in [-0.25, -0.2) is 0 Å². The number of carbonyl (C=O) groups excluding carboxylic acids is 1. The number of rotatable bonds is 1. The Labute approximate surface area is 140 Å². The molecule has 5 aliphatic rings. The van der Waals surface area contributed by atoms with Crippen LogP contribution in [0.15, 0.2) is 12.4 Å². The molecule has 1 aromatic heterocycles. The normalized spacial score (nSPS) is 42.3. The fourth-order valence-electron chi connectivity index (χ4n) is 5.78. The molecule has 0 radical (unpaired) electrons. The van der Waals surface area contributed by atoms with Crippen molar-refractivity contribution in [2.75, 3.05) is 6.54 Å². The Kier molecular flexibility index (Phi) is 2.45. The molecule has 4 aliphatic carbocycles. The Bertz CT molecular complexity index is 777. The van der Waals surface area contributed by atoms with Crippen LogP contribution < -0.4 is 0 Å². The molecule has 118 valence electrons. The molecule has 2 heterocycles. The number of carbonyl (C=O) groups is 1. The molecule has 1 aliphatic heterocycles. The lowest BCUT2D eigenvalue weighted by molar-refractivity contribution is -0.149. The van der Waals surface area contributed by atoms with Crippen LogP contribution in [-0.2, 0) is 4.79 Å². The smallest absolute Gasteiger partial charge is 0.229 e. The summed E-state index contributed by atoms with van der Waals surface area (Å²) in [5.41, 5.74) is 1.85. The highest BCUT2D eigenvalue weighted by molar-refractivity contribution is 6.31. The molecule has 0 N–H and O–H groups in total. The van der Waals surface area contributed by atoms with Gasteiger partial charge in [-0.1, -0.05) is 18.5 Å². The van der Waals surface area contributed by atoms with Gasteiger partial charge in [-0.15, -0.1) is 0 Å². The maximum atomic E-state index is 13.3. The van der Waals surface area contributed by atoms with Crippen LogP contribution in [0.3, 0.4) is 0 Å². The zero-order valence-electron chi connectivity index (χ0n) is 13.1. The second kappa shape index (κ2) is 4.08. The number of amides is 1. The van der Waals surface area contributed by atoms with E-state index >= 15 is 0 Å². The van der Waals surface area contributed by atoms with Gasteiger partial charge in [-0.05, 0) is 42.7 Å². The molecule has 2 bridgehead atoms. The van der Waals surface area contributed by atoms with E-state index in [2.05, 4.69) is 22.9 Å². The first kappa shape index (κ1) is 13.8. The number of fused-ring (bicyclic) bond motifs is 5. The maximum absolute atomic E-state index is 13.3. The van der Waals surface area contributed by atoms with Gasteiger partial charge in [0.15, 0.2) is 0 Å². The maximum Gasteiger partial charge on any atom is 0.229 e. The highest BCUT2D eigenvalue weighted by atomic mass is 35.5. The van der Waals surface area contributed by atoms with Crippen LogP contribution in [0.25, 0.3) is 0 Å². The summed E-state index contributed by atoms with van der Waals surface area (Å²) in [5, 5.41) is 10.1. The minimum atomic E-state index is -0.258. The van der Waals surface area contributed by atoms with E-state index in [1.54, 1.807) is 6.20 Å². The lowest BCUT2D eigenvalue weighted by Gasteiger charge is -2.47. The SMILES string of the molecule is C[C@H]1CN(C(=O)C23CCC(C#N)(C2)C3)[C@@H]2c3cncc(Cl)c3C21. The number of halogens is 1. The Morgan fingerprint density at radius 1 is 1.43 bits per heavy atom. The summed E-state index contributed by atoms with van der Waals surface area (Å²) in [5.74, 6) is 1.05. The number of aromatic nitrogens is 1. The lowest BCUT2D eigenvalue weighted by atomic mass is 9.60. The van der Waals surface area contributed by atoms with Crippen molar-refractivity contribution in [1.82, 2.24) is 9.88 Å². The molecule has 3 saturated carbocycles. The largest absolute Gasteiger partial charge is 0.334 e. The van der Waals surface area contributed by atoms with Crippen LogP contribution in [-0.4, -0.2) is 22.3 Å². The first-order chi connectivity index (χ1) is 11.0. The van der Waals surface area contributed by atoms with Gasteiger partial charge >= 0.3 is 0 Å². The molecule has 1 amide bonds. The molecule has 0 aromatic carbocycles. The topological polar surface area (TPSA) is 57.0 Å². The number of pyridine rings is 1. The van der Waals surface area contributed by atoms with Gasteiger partial charge in [-0.3, -0.25) is 9.78 Å². The van der Waals surface area contributed by atoms with Crippen molar-refractivity contribution in [2.24, 2.45) is 16.7 Å². The second-order valence-corrected chi connectivity index (χ2v) is 8.46. The predicted octanol–water partition coefficient (Wildman–Crippen LogP) is 3.44. The zero-order chi connectivity index (χ0) is 16.0. The molecule has 5 heteroatoms. The molecular formula is C18H18ClN3O. The first-order valence-corrected chi connectivity index (χ1v) is 8.74. The van der Waals surface area contributed by atoms with Crippen LogP contribution in [0, 0.1) is 28.1 Å². The minimum absolute atomic E-state index is 0.144. The number of likely N-dealkylation sites (tertiary alicyclic amines) is 1. The summed E-state index contributed by atoms with van der Waals surface area (Å²) in [7, 11) is 0. The second-order valence-electron chi connectivity index (χ2n) is 8.06. The van der Waals surface area contributed by atoms with Crippen molar-refractivity contribution < 1.29 is 4.79 Å². The Morgan fingerprint density at radius 2 is 2.22 bits per heavy atom. The van der Waals surface area contributed by atoms with E-state index in [4.69, 9.17) is 11.6 Å². The van der Waals surface area contributed by atoms with Crippen LogP contribution in [0.5, 0.6) is 0 Å². The van der Waals surface area contributed by atoms with E-state index in [0.717, 1.165) is 42.8 Å². The molecule has 6 rings (SSSR count).